The van der Waals surface area contributed by atoms with Crippen LogP contribution < -0.4 is 28.7 Å². The fourth-order valence-corrected chi connectivity index (χ4v) is 7.50. The molecule has 2 aliphatic carbocycles. The number of methoxy groups -OCH3 is 4. The fraction of sp³-hybridized carbons (Fsp3) is 0.286. The summed E-state index contributed by atoms with van der Waals surface area (Å²) >= 11 is 0. The van der Waals surface area contributed by atoms with Gasteiger partial charge in [-0.15, -0.1) is 0 Å². The maximum atomic E-state index is 5.57. The quantitative estimate of drug-likeness (QED) is 0.142. The first-order valence-corrected chi connectivity index (χ1v) is 17.0. The number of ether oxygens (including phenoxy) is 4. The van der Waals surface area contributed by atoms with E-state index in [1.54, 1.807) is 28.4 Å². The third kappa shape index (κ3) is 5.92. The summed E-state index contributed by atoms with van der Waals surface area (Å²) in [5, 5.41) is 0. The molecule has 0 aliphatic heterocycles. The average Bonchev–Trinajstić information content (AvgIpc) is 3.16. The Kier molecular flexibility index (Phi) is 9.15. The van der Waals surface area contributed by atoms with Gasteiger partial charge in [0.05, 0.1) is 39.8 Å². The van der Waals surface area contributed by atoms with Crippen molar-refractivity contribution in [3.8, 4) is 23.0 Å². The van der Waals surface area contributed by atoms with E-state index in [0.717, 1.165) is 71.4 Å². The number of rotatable bonds is 10. The highest BCUT2D eigenvalue weighted by Gasteiger charge is 2.33. The fourth-order valence-electron chi connectivity index (χ4n) is 7.50. The van der Waals surface area contributed by atoms with E-state index in [4.69, 9.17) is 18.9 Å². The predicted molar refractivity (Wildman–Crippen MR) is 195 cm³/mol. The molecule has 0 amide bonds. The molecule has 0 saturated heterocycles. The van der Waals surface area contributed by atoms with E-state index < -0.39 is 0 Å². The second-order valence-electron chi connectivity index (χ2n) is 12.5. The zero-order chi connectivity index (χ0) is 33.0. The van der Waals surface area contributed by atoms with E-state index in [0.29, 0.717) is 0 Å². The first-order chi connectivity index (χ1) is 23.6. The molecule has 246 valence electrons. The van der Waals surface area contributed by atoms with Gasteiger partial charge in [0.1, 0.15) is 23.0 Å². The first kappa shape index (κ1) is 31.5. The van der Waals surface area contributed by atoms with Crippen LogP contribution in [0.4, 0.5) is 34.1 Å². The second-order valence-corrected chi connectivity index (χ2v) is 12.5. The number of hydrogen-bond acceptors (Lipinski definition) is 6. The first-order valence-electron chi connectivity index (χ1n) is 17.0. The lowest BCUT2D eigenvalue weighted by Gasteiger charge is -2.40. The Balaban J connectivity index is 1.51. The van der Waals surface area contributed by atoms with Crippen LogP contribution in [0, 0.1) is 0 Å². The van der Waals surface area contributed by atoms with Crippen LogP contribution in [-0.2, 0) is 25.7 Å². The lowest BCUT2D eigenvalue weighted by Crippen LogP contribution is -2.25. The zero-order valence-corrected chi connectivity index (χ0v) is 28.4. The van der Waals surface area contributed by atoms with Crippen LogP contribution in [0.1, 0.15) is 47.9 Å². The van der Waals surface area contributed by atoms with Gasteiger partial charge in [0.25, 0.3) is 0 Å². The molecular weight excluding hydrogens is 596 g/mol. The van der Waals surface area contributed by atoms with Gasteiger partial charge in [0.2, 0.25) is 0 Å². The van der Waals surface area contributed by atoms with Gasteiger partial charge in [-0.1, -0.05) is 0 Å². The maximum absolute atomic E-state index is 5.57. The summed E-state index contributed by atoms with van der Waals surface area (Å²) in [5.41, 5.74) is 13.0. The molecule has 0 unspecified atom stereocenters. The highest BCUT2D eigenvalue weighted by Crippen LogP contribution is 2.52. The molecule has 48 heavy (non-hydrogen) atoms. The molecule has 0 radical (unpaired) electrons. The summed E-state index contributed by atoms with van der Waals surface area (Å²) < 4.78 is 22.3. The number of benzene rings is 5. The molecule has 6 nitrogen and oxygen atoms in total. The second kappa shape index (κ2) is 13.9. The van der Waals surface area contributed by atoms with Crippen LogP contribution in [0.2, 0.25) is 0 Å². The predicted octanol–water partition coefficient (Wildman–Crippen LogP) is 10.4. The molecule has 2 aliphatic rings. The minimum absolute atomic E-state index is 0.850. The molecule has 0 aromatic heterocycles. The third-order valence-electron chi connectivity index (χ3n) is 9.85. The van der Waals surface area contributed by atoms with Gasteiger partial charge in [0, 0.05) is 22.7 Å². The van der Waals surface area contributed by atoms with E-state index in [2.05, 4.69) is 107 Å². The van der Waals surface area contributed by atoms with Gasteiger partial charge < -0.3 is 28.7 Å². The molecule has 0 atom stereocenters. The molecule has 0 N–H and O–H groups in total. The third-order valence-corrected chi connectivity index (χ3v) is 9.85. The summed E-state index contributed by atoms with van der Waals surface area (Å²) in [6.07, 6.45) is 8.81. The highest BCUT2D eigenvalue weighted by atomic mass is 16.5. The summed E-state index contributed by atoms with van der Waals surface area (Å²) in [5.74, 6) is 3.40. The van der Waals surface area contributed by atoms with Gasteiger partial charge in [-0.3, -0.25) is 0 Å². The number of nitrogens with zero attached hydrogens (tertiary/aromatic N) is 2. The Bertz CT molecular complexity index is 1580. The standard InChI is InChI=1S/C42H44N2O4/c1-45-33-21-13-29(14-22-33)43(30-15-23-34(46-2)24-16-30)41-37-9-5-7-11-39(37)42(40-12-8-6-10-38(40)41)44(31-17-25-35(47-3)26-18-31)32-19-27-36(48-4)28-20-32/h13-28H,5-12H2,1-4H3. The van der Waals surface area contributed by atoms with Crippen molar-refractivity contribution in [3.63, 3.8) is 0 Å². The largest absolute Gasteiger partial charge is 0.497 e. The van der Waals surface area contributed by atoms with Crippen LogP contribution in [0.3, 0.4) is 0 Å². The Morgan fingerprint density at radius 1 is 0.333 bits per heavy atom. The van der Waals surface area contributed by atoms with Crippen molar-refractivity contribution in [2.75, 3.05) is 38.2 Å². The smallest absolute Gasteiger partial charge is 0.119 e. The van der Waals surface area contributed by atoms with Crippen molar-refractivity contribution < 1.29 is 18.9 Å². The van der Waals surface area contributed by atoms with E-state index in [1.807, 2.05) is 0 Å². The monoisotopic (exact) mass is 640 g/mol. The molecule has 6 heteroatoms. The van der Waals surface area contributed by atoms with Gasteiger partial charge in [0.15, 0.2) is 0 Å². The lowest BCUT2D eigenvalue weighted by molar-refractivity contribution is 0.414. The molecule has 0 saturated carbocycles. The van der Waals surface area contributed by atoms with Crippen molar-refractivity contribution >= 4 is 34.1 Å². The SMILES string of the molecule is COc1ccc(N(c2ccc(OC)cc2)c2c3c(c(N(c4ccc(OC)cc4)c4ccc(OC)cc4)c4c2CCCC4)CCCC3)cc1. The number of fused-ring (bicyclic) bond motifs is 2. The van der Waals surface area contributed by atoms with Crippen molar-refractivity contribution in [1.82, 2.24) is 0 Å². The van der Waals surface area contributed by atoms with Crippen molar-refractivity contribution in [1.29, 1.82) is 0 Å². The van der Waals surface area contributed by atoms with Gasteiger partial charge in [-0.2, -0.15) is 0 Å². The Morgan fingerprint density at radius 2 is 0.542 bits per heavy atom. The average molecular weight is 641 g/mol. The summed E-state index contributed by atoms with van der Waals surface area (Å²) in [7, 11) is 6.89. The van der Waals surface area contributed by atoms with Crippen molar-refractivity contribution in [3.05, 3.63) is 119 Å². The van der Waals surface area contributed by atoms with Crippen LogP contribution >= 0.6 is 0 Å². The van der Waals surface area contributed by atoms with Crippen LogP contribution in [0.15, 0.2) is 97.1 Å². The van der Waals surface area contributed by atoms with Gasteiger partial charge in [-0.25, -0.2) is 0 Å². The van der Waals surface area contributed by atoms with Gasteiger partial charge >= 0.3 is 0 Å². The zero-order valence-electron chi connectivity index (χ0n) is 28.4. The summed E-state index contributed by atoms with van der Waals surface area (Å²) in [6, 6.07) is 34.0. The minimum atomic E-state index is 0.850. The Morgan fingerprint density at radius 3 is 0.729 bits per heavy atom. The van der Waals surface area contributed by atoms with Crippen LogP contribution in [0.25, 0.3) is 0 Å². The molecule has 0 spiro atoms. The van der Waals surface area contributed by atoms with Crippen LogP contribution in [0.5, 0.6) is 23.0 Å². The van der Waals surface area contributed by atoms with Gasteiger partial charge in [-0.05, 0) is 171 Å². The Labute approximate surface area is 284 Å². The van der Waals surface area contributed by atoms with Crippen LogP contribution in [-0.4, -0.2) is 28.4 Å². The molecular formula is C42H44N2O4. The van der Waals surface area contributed by atoms with E-state index >= 15 is 0 Å². The molecule has 0 bridgehead atoms. The summed E-state index contributed by atoms with van der Waals surface area (Å²) in [4.78, 5) is 4.98. The molecule has 5 aromatic rings. The minimum Gasteiger partial charge on any atom is -0.497 e. The maximum Gasteiger partial charge on any atom is 0.119 e. The Hall–Kier alpha value is -5.10. The molecule has 7 rings (SSSR count). The highest BCUT2D eigenvalue weighted by molar-refractivity contribution is 5.90. The normalized spacial score (nSPS) is 13.6. The topological polar surface area (TPSA) is 43.4 Å². The number of hydrogen-bond donors (Lipinski definition) is 0. The van der Waals surface area contributed by atoms with E-state index in [-0.39, 0.29) is 0 Å². The lowest BCUT2D eigenvalue weighted by atomic mass is 9.78. The van der Waals surface area contributed by atoms with Crippen molar-refractivity contribution in [2.24, 2.45) is 0 Å². The number of anilines is 6. The summed E-state index contributed by atoms with van der Waals surface area (Å²) in [6.45, 7) is 0. The molecule has 5 aromatic carbocycles. The van der Waals surface area contributed by atoms with E-state index in [1.165, 1.54) is 59.3 Å². The molecule has 0 fully saturated rings. The molecule has 0 heterocycles. The van der Waals surface area contributed by atoms with Crippen molar-refractivity contribution in [2.45, 2.75) is 51.4 Å². The van der Waals surface area contributed by atoms with E-state index in [9.17, 15) is 0 Å².